The van der Waals surface area contributed by atoms with Gasteiger partial charge in [0.1, 0.15) is 0 Å². The van der Waals surface area contributed by atoms with Crippen LogP contribution in [0.25, 0.3) is 0 Å². The first-order valence-corrected chi connectivity index (χ1v) is 5.85. The summed E-state index contributed by atoms with van der Waals surface area (Å²) in [6.45, 7) is 2.88. The van der Waals surface area contributed by atoms with Crippen LogP contribution in [0.3, 0.4) is 0 Å². The molecule has 0 aliphatic heterocycles. The average Bonchev–Trinajstić information content (AvgIpc) is 2.16. The monoisotopic (exact) mass is 182 g/mol. The van der Waals surface area contributed by atoms with Crippen LogP contribution in [0.5, 0.6) is 0 Å². The highest BCUT2D eigenvalue weighted by molar-refractivity contribution is 4.91. The van der Waals surface area contributed by atoms with Crippen LogP contribution in [-0.2, 0) is 0 Å². The minimum Gasteiger partial charge on any atom is -0.396 e. The standard InChI is InChI=1S/C12H22O/c1-12-7-3-2-4-11(12)6-5-10(8-12)9-13/h10-11,13H,2-9H2,1H3/t10-,11-,12-/m1/s1. The van der Waals surface area contributed by atoms with Gasteiger partial charge in [-0.25, -0.2) is 0 Å². The molecule has 0 amide bonds. The summed E-state index contributed by atoms with van der Waals surface area (Å²) in [4.78, 5) is 0. The normalized spacial score (nSPS) is 45.7. The van der Waals surface area contributed by atoms with Crippen molar-refractivity contribution in [2.45, 2.75) is 51.9 Å². The summed E-state index contributed by atoms with van der Waals surface area (Å²) in [7, 11) is 0. The molecule has 2 rings (SSSR count). The van der Waals surface area contributed by atoms with Crippen molar-refractivity contribution < 1.29 is 5.11 Å². The molecule has 0 bridgehead atoms. The van der Waals surface area contributed by atoms with E-state index in [1.54, 1.807) is 0 Å². The van der Waals surface area contributed by atoms with Gasteiger partial charge in [0.05, 0.1) is 0 Å². The van der Waals surface area contributed by atoms with Gasteiger partial charge in [0.2, 0.25) is 0 Å². The summed E-state index contributed by atoms with van der Waals surface area (Å²) in [6.07, 6.45) is 9.67. The fourth-order valence-corrected chi connectivity index (χ4v) is 3.59. The number of hydrogen-bond acceptors (Lipinski definition) is 1. The van der Waals surface area contributed by atoms with Gasteiger partial charge in [-0.3, -0.25) is 0 Å². The second-order valence-electron chi connectivity index (χ2n) is 5.43. The molecular formula is C12H22O. The first-order chi connectivity index (χ1) is 6.24. The Balaban J connectivity index is 2.03. The van der Waals surface area contributed by atoms with E-state index in [0.717, 1.165) is 5.92 Å². The lowest BCUT2D eigenvalue weighted by Gasteiger charge is -2.47. The predicted octanol–water partition coefficient (Wildman–Crippen LogP) is 2.98. The summed E-state index contributed by atoms with van der Waals surface area (Å²) >= 11 is 0. The van der Waals surface area contributed by atoms with E-state index >= 15 is 0 Å². The zero-order valence-corrected chi connectivity index (χ0v) is 8.76. The Morgan fingerprint density at radius 1 is 1.23 bits per heavy atom. The molecule has 2 fully saturated rings. The molecule has 0 aromatic carbocycles. The maximum Gasteiger partial charge on any atom is 0.0459 e. The largest absolute Gasteiger partial charge is 0.396 e. The van der Waals surface area contributed by atoms with Crippen LogP contribution in [0.1, 0.15) is 51.9 Å². The van der Waals surface area contributed by atoms with Crippen molar-refractivity contribution in [1.29, 1.82) is 0 Å². The summed E-state index contributed by atoms with van der Waals surface area (Å²) < 4.78 is 0. The highest BCUT2D eigenvalue weighted by atomic mass is 16.3. The lowest BCUT2D eigenvalue weighted by molar-refractivity contribution is 0.0160. The van der Waals surface area contributed by atoms with Crippen molar-refractivity contribution in [2.24, 2.45) is 17.3 Å². The van der Waals surface area contributed by atoms with Crippen molar-refractivity contribution in [3.8, 4) is 0 Å². The molecule has 0 unspecified atom stereocenters. The zero-order chi connectivity index (χ0) is 9.31. The van der Waals surface area contributed by atoms with Crippen molar-refractivity contribution in [2.75, 3.05) is 6.61 Å². The minimum atomic E-state index is 0.419. The number of hydrogen-bond donors (Lipinski definition) is 1. The second kappa shape index (κ2) is 3.61. The molecule has 0 aromatic rings. The third-order valence-corrected chi connectivity index (χ3v) is 4.47. The van der Waals surface area contributed by atoms with E-state index in [-0.39, 0.29) is 0 Å². The van der Waals surface area contributed by atoms with Crippen LogP contribution in [0.15, 0.2) is 0 Å². The number of rotatable bonds is 1. The summed E-state index contributed by atoms with van der Waals surface area (Å²) in [5, 5.41) is 9.20. The molecule has 76 valence electrons. The zero-order valence-electron chi connectivity index (χ0n) is 8.76. The van der Waals surface area contributed by atoms with Gasteiger partial charge in [-0.05, 0) is 49.4 Å². The van der Waals surface area contributed by atoms with Crippen molar-refractivity contribution in [3.63, 3.8) is 0 Å². The maximum atomic E-state index is 9.20. The number of aliphatic hydroxyl groups excluding tert-OH is 1. The third-order valence-electron chi connectivity index (χ3n) is 4.47. The molecular weight excluding hydrogens is 160 g/mol. The SMILES string of the molecule is C[C@]12CCCC[C@@H]1CC[C@@H](CO)C2. The van der Waals surface area contributed by atoms with Crippen LogP contribution in [0.4, 0.5) is 0 Å². The van der Waals surface area contributed by atoms with Gasteiger partial charge in [-0.1, -0.05) is 19.8 Å². The summed E-state index contributed by atoms with van der Waals surface area (Å²) in [5.41, 5.74) is 0.587. The van der Waals surface area contributed by atoms with E-state index in [2.05, 4.69) is 6.92 Å². The first-order valence-electron chi connectivity index (χ1n) is 5.85. The quantitative estimate of drug-likeness (QED) is 0.661. The van der Waals surface area contributed by atoms with Gasteiger partial charge >= 0.3 is 0 Å². The van der Waals surface area contributed by atoms with E-state index < -0.39 is 0 Å². The van der Waals surface area contributed by atoms with Gasteiger partial charge in [-0.2, -0.15) is 0 Å². The van der Waals surface area contributed by atoms with Crippen LogP contribution >= 0.6 is 0 Å². The highest BCUT2D eigenvalue weighted by Gasteiger charge is 2.40. The molecule has 13 heavy (non-hydrogen) atoms. The van der Waals surface area contributed by atoms with Crippen molar-refractivity contribution >= 4 is 0 Å². The Bertz CT molecular complexity index is 178. The third kappa shape index (κ3) is 1.76. The number of fused-ring (bicyclic) bond motifs is 1. The predicted molar refractivity (Wildman–Crippen MR) is 54.5 cm³/mol. The molecule has 1 nitrogen and oxygen atoms in total. The molecule has 0 aromatic heterocycles. The van der Waals surface area contributed by atoms with E-state index in [1.807, 2.05) is 0 Å². The Kier molecular flexibility index (Phi) is 2.64. The van der Waals surface area contributed by atoms with Crippen LogP contribution in [0, 0.1) is 17.3 Å². The Morgan fingerprint density at radius 3 is 2.85 bits per heavy atom. The average molecular weight is 182 g/mol. The summed E-state index contributed by atoms with van der Waals surface area (Å²) in [5.74, 6) is 1.59. The van der Waals surface area contributed by atoms with Crippen molar-refractivity contribution in [3.05, 3.63) is 0 Å². The Hall–Kier alpha value is -0.0400. The first kappa shape index (κ1) is 9.51. The molecule has 3 atom stereocenters. The smallest absolute Gasteiger partial charge is 0.0459 e. The lowest BCUT2D eigenvalue weighted by atomic mass is 9.58. The molecule has 2 aliphatic carbocycles. The van der Waals surface area contributed by atoms with Gasteiger partial charge < -0.3 is 5.11 Å². The highest BCUT2D eigenvalue weighted by Crippen LogP contribution is 2.51. The number of aliphatic hydroxyl groups is 1. The van der Waals surface area contributed by atoms with E-state index in [4.69, 9.17) is 0 Å². The molecule has 0 saturated heterocycles. The van der Waals surface area contributed by atoms with E-state index in [0.29, 0.717) is 17.9 Å². The lowest BCUT2D eigenvalue weighted by Crippen LogP contribution is -2.38. The van der Waals surface area contributed by atoms with Gasteiger partial charge in [0, 0.05) is 6.61 Å². The van der Waals surface area contributed by atoms with Crippen LogP contribution in [-0.4, -0.2) is 11.7 Å². The van der Waals surface area contributed by atoms with E-state index in [9.17, 15) is 5.11 Å². The molecule has 0 heterocycles. The molecule has 2 saturated carbocycles. The molecule has 0 radical (unpaired) electrons. The van der Waals surface area contributed by atoms with Crippen molar-refractivity contribution in [1.82, 2.24) is 0 Å². The van der Waals surface area contributed by atoms with Gasteiger partial charge in [0.15, 0.2) is 0 Å². The van der Waals surface area contributed by atoms with Gasteiger partial charge in [-0.15, -0.1) is 0 Å². The van der Waals surface area contributed by atoms with E-state index in [1.165, 1.54) is 44.9 Å². The fraction of sp³-hybridized carbons (Fsp3) is 1.00. The van der Waals surface area contributed by atoms with Crippen LogP contribution < -0.4 is 0 Å². The minimum absolute atomic E-state index is 0.419. The fourth-order valence-electron chi connectivity index (χ4n) is 3.59. The molecule has 0 spiro atoms. The Labute approximate surface area is 81.5 Å². The maximum absolute atomic E-state index is 9.20. The molecule has 1 N–H and O–H groups in total. The molecule has 1 heteroatoms. The van der Waals surface area contributed by atoms with Crippen LogP contribution in [0.2, 0.25) is 0 Å². The second-order valence-corrected chi connectivity index (χ2v) is 5.43. The van der Waals surface area contributed by atoms with Gasteiger partial charge in [0.25, 0.3) is 0 Å². The Morgan fingerprint density at radius 2 is 2.08 bits per heavy atom. The molecule has 2 aliphatic rings. The summed E-state index contributed by atoms with van der Waals surface area (Å²) in [6, 6.07) is 0. The topological polar surface area (TPSA) is 20.2 Å².